The molecule has 5 nitrogen and oxygen atoms in total. The molecule has 0 aromatic heterocycles. The van der Waals surface area contributed by atoms with E-state index < -0.39 is 0 Å². The van der Waals surface area contributed by atoms with Crippen LogP contribution in [0.5, 0.6) is 11.5 Å². The standard InChI is InChI=1S/C21H24O4.CH4O/c1-23-18-8-6-15(7-9-18)12-16-4-2-3-5-19(16)24-20-13-17(22)14-21(25-20)10-11-21;1-2/h2-9,17,20,22H,10-14H2,1H3;2H,1H3/t17-,20?;/m1./s1. The summed E-state index contributed by atoms with van der Waals surface area (Å²) in [5.74, 6) is 1.68. The molecule has 0 amide bonds. The molecular weight excluding hydrogens is 344 g/mol. The molecule has 2 aromatic rings. The fraction of sp³-hybridized carbons (Fsp3) is 0.455. The SMILES string of the molecule is CO.COc1ccc(Cc2ccccc2OC2C[C@@H](O)CC3(CC3)O2)cc1. The lowest BCUT2D eigenvalue weighted by Gasteiger charge is -2.33. The number of para-hydroxylation sites is 1. The first-order valence-electron chi connectivity index (χ1n) is 9.34. The highest BCUT2D eigenvalue weighted by atomic mass is 16.7. The lowest BCUT2D eigenvalue weighted by atomic mass is 10.0. The van der Waals surface area contributed by atoms with E-state index in [4.69, 9.17) is 19.3 Å². The smallest absolute Gasteiger partial charge is 0.202 e. The van der Waals surface area contributed by atoms with Gasteiger partial charge in [0.25, 0.3) is 0 Å². The number of benzene rings is 2. The second-order valence-electron chi connectivity index (χ2n) is 7.07. The van der Waals surface area contributed by atoms with Gasteiger partial charge in [-0.15, -0.1) is 0 Å². The molecule has 0 bridgehead atoms. The summed E-state index contributed by atoms with van der Waals surface area (Å²) in [7, 11) is 2.67. The summed E-state index contributed by atoms with van der Waals surface area (Å²) in [6.45, 7) is 0. The van der Waals surface area contributed by atoms with Gasteiger partial charge in [-0.2, -0.15) is 0 Å². The first kappa shape index (κ1) is 19.7. The molecule has 2 fully saturated rings. The Morgan fingerprint density at radius 3 is 2.44 bits per heavy atom. The van der Waals surface area contributed by atoms with E-state index in [0.717, 1.165) is 49.9 Å². The third kappa shape index (κ3) is 5.01. The maximum Gasteiger partial charge on any atom is 0.202 e. The van der Waals surface area contributed by atoms with Crippen molar-refractivity contribution in [2.24, 2.45) is 0 Å². The monoisotopic (exact) mass is 372 g/mol. The minimum atomic E-state index is -0.372. The van der Waals surface area contributed by atoms with E-state index >= 15 is 0 Å². The van der Waals surface area contributed by atoms with Gasteiger partial charge in [-0.3, -0.25) is 0 Å². The van der Waals surface area contributed by atoms with E-state index in [1.165, 1.54) is 5.56 Å². The number of rotatable bonds is 5. The fourth-order valence-corrected chi connectivity index (χ4v) is 3.51. The molecule has 1 heterocycles. The third-order valence-corrected chi connectivity index (χ3v) is 5.05. The summed E-state index contributed by atoms with van der Waals surface area (Å²) >= 11 is 0. The highest BCUT2D eigenvalue weighted by Crippen LogP contribution is 2.48. The van der Waals surface area contributed by atoms with E-state index in [1.54, 1.807) is 7.11 Å². The largest absolute Gasteiger partial charge is 0.497 e. The van der Waals surface area contributed by atoms with Crippen LogP contribution in [0.2, 0.25) is 0 Å². The van der Waals surface area contributed by atoms with Crippen LogP contribution in [0.1, 0.15) is 36.8 Å². The van der Waals surface area contributed by atoms with Crippen LogP contribution in [-0.4, -0.2) is 42.4 Å². The number of hydrogen-bond donors (Lipinski definition) is 2. The quantitative estimate of drug-likeness (QED) is 0.843. The maximum absolute atomic E-state index is 10.1. The van der Waals surface area contributed by atoms with Gasteiger partial charge in [0.2, 0.25) is 6.29 Å². The van der Waals surface area contributed by atoms with Crippen molar-refractivity contribution in [2.75, 3.05) is 14.2 Å². The Morgan fingerprint density at radius 2 is 1.78 bits per heavy atom. The summed E-state index contributed by atoms with van der Waals surface area (Å²) in [6, 6.07) is 16.1. The Morgan fingerprint density at radius 1 is 1.07 bits per heavy atom. The molecule has 1 spiro atoms. The zero-order valence-corrected chi connectivity index (χ0v) is 15.9. The molecule has 1 aliphatic heterocycles. The van der Waals surface area contributed by atoms with Crippen molar-refractivity contribution >= 4 is 0 Å². The van der Waals surface area contributed by atoms with Crippen LogP contribution >= 0.6 is 0 Å². The molecule has 0 radical (unpaired) electrons. The molecule has 4 rings (SSSR count). The summed E-state index contributed by atoms with van der Waals surface area (Å²) in [5, 5.41) is 17.1. The predicted molar refractivity (Wildman–Crippen MR) is 103 cm³/mol. The number of aliphatic hydroxyl groups excluding tert-OH is 2. The Bertz CT molecular complexity index is 724. The molecule has 27 heavy (non-hydrogen) atoms. The van der Waals surface area contributed by atoms with Crippen molar-refractivity contribution in [3.8, 4) is 11.5 Å². The fourth-order valence-electron chi connectivity index (χ4n) is 3.51. The molecule has 2 aromatic carbocycles. The first-order valence-corrected chi connectivity index (χ1v) is 9.34. The molecule has 146 valence electrons. The van der Waals surface area contributed by atoms with E-state index in [0.29, 0.717) is 6.42 Å². The summed E-state index contributed by atoms with van der Waals surface area (Å²) in [5.41, 5.74) is 2.18. The van der Waals surface area contributed by atoms with Crippen LogP contribution in [0.4, 0.5) is 0 Å². The highest BCUT2D eigenvalue weighted by molar-refractivity contribution is 5.39. The van der Waals surface area contributed by atoms with E-state index in [2.05, 4.69) is 18.2 Å². The maximum atomic E-state index is 10.1. The van der Waals surface area contributed by atoms with Gasteiger partial charge in [0.1, 0.15) is 11.5 Å². The Balaban J connectivity index is 0.00000102. The Labute approximate surface area is 160 Å². The number of hydrogen-bond acceptors (Lipinski definition) is 5. The molecule has 1 aliphatic carbocycles. The van der Waals surface area contributed by atoms with Crippen molar-refractivity contribution < 1.29 is 24.4 Å². The average Bonchev–Trinajstić information content (AvgIpc) is 3.43. The van der Waals surface area contributed by atoms with Gasteiger partial charge in [-0.1, -0.05) is 30.3 Å². The normalized spacial score (nSPS) is 22.5. The Kier molecular flexibility index (Phi) is 6.37. The van der Waals surface area contributed by atoms with Crippen LogP contribution in [0.15, 0.2) is 48.5 Å². The second kappa shape index (κ2) is 8.74. The topological polar surface area (TPSA) is 68.2 Å². The van der Waals surface area contributed by atoms with Crippen molar-refractivity contribution in [2.45, 2.75) is 50.1 Å². The summed E-state index contributed by atoms with van der Waals surface area (Å²) in [6.07, 6.45) is 3.38. The van der Waals surface area contributed by atoms with Crippen molar-refractivity contribution in [1.82, 2.24) is 0 Å². The van der Waals surface area contributed by atoms with Crippen LogP contribution < -0.4 is 9.47 Å². The van der Waals surface area contributed by atoms with Crippen molar-refractivity contribution in [3.63, 3.8) is 0 Å². The lowest BCUT2D eigenvalue weighted by Crippen LogP contribution is -2.40. The highest BCUT2D eigenvalue weighted by Gasteiger charge is 2.51. The first-order chi connectivity index (χ1) is 13.2. The Hall–Kier alpha value is -2.08. The molecule has 2 atom stereocenters. The van der Waals surface area contributed by atoms with Crippen LogP contribution in [0.3, 0.4) is 0 Å². The van der Waals surface area contributed by atoms with Gasteiger partial charge in [0.15, 0.2) is 0 Å². The van der Waals surface area contributed by atoms with E-state index in [1.807, 2.05) is 30.3 Å². The molecule has 5 heteroatoms. The van der Waals surface area contributed by atoms with Gasteiger partial charge in [-0.05, 0) is 42.2 Å². The molecule has 1 unspecified atom stereocenters. The van der Waals surface area contributed by atoms with Crippen LogP contribution in [-0.2, 0) is 11.2 Å². The predicted octanol–water partition coefficient (Wildman–Crippen LogP) is 3.30. The molecular formula is C22H28O5. The lowest BCUT2D eigenvalue weighted by molar-refractivity contribution is -0.187. The number of methoxy groups -OCH3 is 1. The number of aliphatic hydroxyl groups is 2. The van der Waals surface area contributed by atoms with E-state index in [9.17, 15) is 5.11 Å². The third-order valence-electron chi connectivity index (χ3n) is 5.05. The van der Waals surface area contributed by atoms with Crippen LogP contribution in [0.25, 0.3) is 0 Å². The zero-order valence-electron chi connectivity index (χ0n) is 15.9. The molecule has 2 aliphatic rings. The van der Waals surface area contributed by atoms with E-state index in [-0.39, 0.29) is 18.0 Å². The van der Waals surface area contributed by atoms with Gasteiger partial charge in [0.05, 0.1) is 18.8 Å². The van der Waals surface area contributed by atoms with Gasteiger partial charge in [0, 0.05) is 26.4 Å². The summed E-state index contributed by atoms with van der Waals surface area (Å²) in [4.78, 5) is 0. The van der Waals surface area contributed by atoms with Crippen molar-refractivity contribution in [1.29, 1.82) is 0 Å². The van der Waals surface area contributed by atoms with Crippen LogP contribution in [0, 0.1) is 0 Å². The molecule has 1 saturated carbocycles. The molecule has 1 saturated heterocycles. The van der Waals surface area contributed by atoms with Gasteiger partial charge >= 0.3 is 0 Å². The minimum absolute atomic E-state index is 0.132. The van der Waals surface area contributed by atoms with Gasteiger partial charge in [-0.25, -0.2) is 0 Å². The minimum Gasteiger partial charge on any atom is -0.497 e. The van der Waals surface area contributed by atoms with Gasteiger partial charge < -0.3 is 24.4 Å². The molecule has 2 N–H and O–H groups in total. The van der Waals surface area contributed by atoms with Crippen molar-refractivity contribution in [3.05, 3.63) is 59.7 Å². The average molecular weight is 372 g/mol. The summed E-state index contributed by atoms with van der Waals surface area (Å²) < 4.78 is 17.5. The zero-order chi connectivity index (χ0) is 19.3. The second-order valence-corrected chi connectivity index (χ2v) is 7.07. The number of ether oxygens (including phenoxy) is 3.